The molecule has 2 aromatic rings. The fourth-order valence-corrected chi connectivity index (χ4v) is 5.62. The number of anilines is 1. The Labute approximate surface area is 180 Å². The number of piperazine rings is 1. The fraction of sp³-hybridized carbons (Fsp3) is 0.455. The van der Waals surface area contributed by atoms with Gasteiger partial charge in [-0.3, -0.25) is 9.59 Å². The number of para-hydroxylation sites is 1. The van der Waals surface area contributed by atoms with E-state index in [1.165, 1.54) is 12.3 Å². The van der Waals surface area contributed by atoms with Crippen LogP contribution in [0.1, 0.15) is 30.3 Å². The molecule has 1 aromatic carbocycles. The van der Waals surface area contributed by atoms with Crippen LogP contribution in [0.4, 0.5) is 10.1 Å². The molecule has 2 saturated heterocycles. The van der Waals surface area contributed by atoms with Crippen molar-refractivity contribution in [1.82, 2.24) is 9.80 Å². The second-order valence-electron chi connectivity index (χ2n) is 7.55. The van der Waals surface area contributed by atoms with Crippen LogP contribution in [-0.4, -0.2) is 65.0 Å². The van der Waals surface area contributed by atoms with Gasteiger partial charge in [0.15, 0.2) is 5.76 Å². The molecule has 0 radical (unpaired) electrons. The highest BCUT2D eigenvalue weighted by Crippen LogP contribution is 2.34. The Morgan fingerprint density at radius 2 is 1.90 bits per heavy atom. The van der Waals surface area contributed by atoms with Gasteiger partial charge in [0.05, 0.1) is 17.3 Å². The molecule has 160 valence electrons. The van der Waals surface area contributed by atoms with E-state index < -0.39 is 6.04 Å². The second-order valence-corrected chi connectivity index (χ2v) is 8.76. The monoisotopic (exact) mass is 431 g/mol. The number of thioether (sulfide) groups is 1. The number of amides is 2. The average Bonchev–Trinajstić information content (AvgIpc) is 3.44. The summed E-state index contributed by atoms with van der Waals surface area (Å²) in [6, 6.07) is 9.54. The number of carbonyl (C=O) groups is 2. The number of carbonyl (C=O) groups excluding carboxylic acids is 2. The lowest BCUT2D eigenvalue weighted by atomic mass is 10.1. The number of furan rings is 1. The van der Waals surface area contributed by atoms with Gasteiger partial charge < -0.3 is 19.1 Å². The summed E-state index contributed by atoms with van der Waals surface area (Å²) in [5.41, 5.74) is 0.568. The minimum Gasteiger partial charge on any atom is -0.459 e. The fourth-order valence-electron chi connectivity index (χ4n) is 4.11. The molecule has 6 nitrogen and oxygen atoms in total. The van der Waals surface area contributed by atoms with Crippen LogP contribution in [-0.2, 0) is 4.79 Å². The molecule has 2 aliphatic heterocycles. The molecular weight excluding hydrogens is 405 g/mol. The van der Waals surface area contributed by atoms with E-state index in [1.54, 1.807) is 45.8 Å². The summed E-state index contributed by atoms with van der Waals surface area (Å²) < 4.78 is 19.4. The second kappa shape index (κ2) is 9.12. The number of hydrogen-bond acceptors (Lipinski definition) is 5. The third-order valence-corrected chi connectivity index (χ3v) is 7.02. The van der Waals surface area contributed by atoms with Gasteiger partial charge in [-0.25, -0.2) is 4.39 Å². The van der Waals surface area contributed by atoms with Gasteiger partial charge in [0.2, 0.25) is 5.91 Å². The predicted molar refractivity (Wildman–Crippen MR) is 115 cm³/mol. The first-order valence-corrected chi connectivity index (χ1v) is 11.4. The number of hydrogen-bond donors (Lipinski definition) is 0. The third-order valence-electron chi connectivity index (χ3n) is 5.66. The largest absolute Gasteiger partial charge is 0.459 e. The summed E-state index contributed by atoms with van der Waals surface area (Å²) in [5, 5.41) is -0.0266. The van der Waals surface area contributed by atoms with Gasteiger partial charge in [-0.15, -0.1) is 11.8 Å². The summed E-state index contributed by atoms with van der Waals surface area (Å²) >= 11 is 1.66. The van der Waals surface area contributed by atoms with Crippen LogP contribution < -0.4 is 4.90 Å². The maximum atomic E-state index is 14.1. The Morgan fingerprint density at radius 1 is 1.13 bits per heavy atom. The van der Waals surface area contributed by atoms with Gasteiger partial charge >= 0.3 is 0 Å². The molecule has 2 aliphatic rings. The summed E-state index contributed by atoms with van der Waals surface area (Å²) in [6.45, 7) is 4.23. The molecule has 2 fully saturated rings. The Kier molecular flexibility index (Phi) is 6.32. The summed E-state index contributed by atoms with van der Waals surface area (Å²) in [6.07, 6.45) is 3.24. The normalized spacial score (nSPS) is 21.9. The van der Waals surface area contributed by atoms with Crippen LogP contribution >= 0.6 is 11.8 Å². The van der Waals surface area contributed by atoms with Crippen molar-refractivity contribution >= 4 is 29.3 Å². The highest BCUT2D eigenvalue weighted by Gasteiger charge is 2.44. The maximum Gasteiger partial charge on any atom is 0.291 e. The summed E-state index contributed by atoms with van der Waals surface area (Å²) in [4.78, 5) is 31.9. The molecule has 3 heterocycles. The van der Waals surface area contributed by atoms with Crippen molar-refractivity contribution in [1.29, 1.82) is 0 Å². The minimum absolute atomic E-state index is 0.0266. The molecule has 1 aromatic heterocycles. The van der Waals surface area contributed by atoms with Crippen LogP contribution in [0, 0.1) is 5.82 Å². The number of benzene rings is 1. The first-order valence-electron chi connectivity index (χ1n) is 10.4. The molecule has 4 rings (SSSR count). The van der Waals surface area contributed by atoms with Crippen molar-refractivity contribution in [2.24, 2.45) is 0 Å². The van der Waals surface area contributed by atoms with Crippen molar-refractivity contribution in [3.8, 4) is 0 Å². The van der Waals surface area contributed by atoms with E-state index >= 15 is 0 Å². The topological polar surface area (TPSA) is 57.0 Å². The molecule has 8 heteroatoms. The van der Waals surface area contributed by atoms with Crippen LogP contribution in [0.5, 0.6) is 0 Å². The Bertz CT molecular complexity index is 884. The van der Waals surface area contributed by atoms with Gasteiger partial charge in [-0.1, -0.05) is 25.5 Å². The van der Waals surface area contributed by atoms with Crippen LogP contribution in [0.15, 0.2) is 47.1 Å². The highest BCUT2D eigenvalue weighted by atomic mass is 32.2. The summed E-state index contributed by atoms with van der Waals surface area (Å²) in [5.74, 6) is 0.340. The average molecular weight is 432 g/mol. The molecule has 0 saturated carbocycles. The Hall–Kier alpha value is -2.48. The van der Waals surface area contributed by atoms with E-state index in [0.29, 0.717) is 37.6 Å². The number of nitrogens with zero attached hydrogens (tertiary/aromatic N) is 3. The minimum atomic E-state index is -0.496. The number of rotatable bonds is 5. The van der Waals surface area contributed by atoms with E-state index in [1.807, 2.05) is 11.0 Å². The van der Waals surface area contributed by atoms with E-state index in [0.717, 1.165) is 12.8 Å². The van der Waals surface area contributed by atoms with Crippen molar-refractivity contribution < 1.29 is 18.4 Å². The highest BCUT2D eigenvalue weighted by molar-refractivity contribution is 8.00. The molecule has 2 unspecified atom stereocenters. The first-order chi connectivity index (χ1) is 14.6. The molecule has 0 bridgehead atoms. The molecule has 0 aliphatic carbocycles. The van der Waals surface area contributed by atoms with Crippen molar-refractivity contribution in [3.05, 3.63) is 54.2 Å². The van der Waals surface area contributed by atoms with E-state index in [9.17, 15) is 14.0 Å². The maximum absolute atomic E-state index is 14.1. The molecule has 2 amide bonds. The molecule has 0 spiro atoms. The Balaban J connectivity index is 1.45. The lowest BCUT2D eigenvalue weighted by molar-refractivity contribution is -0.135. The molecule has 2 atom stereocenters. The van der Waals surface area contributed by atoms with Gasteiger partial charge in [0.1, 0.15) is 11.9 Å². The lowest BCUT2D eigenvalue weighted by Gasteiger charge is -2.38. The van der Waals surface area contributed by atoms with Gasteiger partial charge in [-0.05, 0) is 30.7 Å². The van der Waals surface area contributed by atoms with Crippen LogP contribution in [0.25, 0.3) is 0 Å². The molecule has 30 heavy (non-hydrogen) atoms. The third kappa shape index (κ3) is 4.05. The zero-order valence-corrected chi connectivity index (χ0v) is 17.8. The zero-order valence-electron chi connectivity index (χ0n) is 17.0. The molecule has 0 N–H and O–H groups in total. The van der Waals surface area contributed by atoms with Crippen molar-refractivity contribution in [2.75, 3.05) is 36.8 Å². The lowest BCUT2D eigenvalue weighted by Crippen LogP contribution is -2.56. The first kappa shape index (κ1) is 20.8. The van der Waals surface area contributed by atoms with Crippen LogP contribution in [0.2, 0.25) is 0 Å². The standard InChI is InChI=1S/C22H26FN3O3S/c1-2-6-20-26(22(28)19-9-5-14-29-19)18(15-30-20)21(27)25-12-10-24(11-13-25)17-8-4-3-7-16(17)23/h3-5,7-9,14,18,20H,2,6,10-13,15H2,1H3. The van der Waals surface area contributed by atoms with E-state index in [-0.39, 0.29) is 28.8 Å². The van der Waals surface area contributed by atoms with Gasteiger partial charge in [-0.2, -0.15) is 0 Å². The smallest absolute Gasteiger partial charge is 0.291 e. The zero-order chi connectivity index (χ0) is 21.1. The van der Waals surface area contributed by atoms with Gasteiger partial charge in [0.25, 0.3) is 5.91 Å². The van der Waals surface area contributed by atoms with Crippen molar-refractivity contribution in [2.45, 2.75) is 31.2 Å². The Morgan fingerprint density at radius 3 is 2.57 bits per heavy atom. The van der Waals surface area contributed by atoms with E-state index in [2.05, 4.69) is 6.92 Å². The predicted octanol–water partition coefficient (Wildman–Crippen LogP) is 3.45. The number of halogens is 1. The van der Waals surface area contributed by atoms with Gasteiger partial charge in [0, 0.05) is 31.9 Å². The summed E-state index contributed by atoms with van der Waals surface area (Å²) in [7, 11) is 0. The van der Waals surface area contributed by atoms with Crippen LogP contribution in [0.3, 0.4) is 0 Å². The SMILES string of the molecule is CCCC1SCC(C(=O)N2CCN(c3ccccc3F)CC2)N1C(=O)c1ccco1. The van der Waals surface area contributed by atoms with E-state index in [4.69, 9.17) is 4.42 Å². The quantitative estimate of drug-likeness (QED) is 0.726. The van der Waals surface area contributed by atoms with Crippen molar-refractivity contribution in [3.63, 3.8) is 0 Å². The molecular formula is C22H26FN3O3S.